The first-order valence-corrected chi connectivity index (χ1v) is 4.20. The van der Waals surface area contributed by atoms with E-state index in [-0.39, 0.29) is 5.57 Å². The molecule has 0 aliphatic heterocycles. The Kier molecular flexibility index (Phi) is 2.27. The average Bonchev–Trinajstić information content (AvgIpc) is 2.53. The Morgan fingerprint density at radius 1 is 1.64 bits per heavy atom. The number of hydrogen-bond acceptors (Lipinski definition) is 4. The van der Waals surface area contributed by atoms with Crippen LogP contribution in [-0.4, -0.2) is 34.3 Å². The number of carboxylic acids is 1. The molecule has 78 valence electrons. The van der Waals surface area contributed by atoms with Gasteiger partial charge in [-0.2, -0.15) is 0 Å². The molecular weight excluding hydrogens is 186 g/mol. The third kappa shape index (κ3) is 1.46. The van der Waals surface area contributed by atoms with Gasteiger partial charge in [-0.3, -0.25) is 0 Å². The summed E-state index contributed by atoms with van der Waals surface area (Å²) in [6.07, 6.45) is 0. The molecular formula is C9H13NO4. The van der Waals surface area contributed by atoms with E-state index in [9.17, 15) is 9.59 Å². The number of carbonyl (C=O) groups excluding carboxylic acids is 1. The van der Waals surface area contributed by atoms with E-state index in [1.165, 1.54) is 5.94 Å². The van der Waals surface area contributed by atoms with Crippen molar-refractivity contribution in [3.05, 3.63) is 5.57 Å². The normalized spacial score (nSPS) is 31.1. The molecule has 14 heavy (non-hydrogen) atoms. The highest BCUT2D eigenvalue weighted by Gasteiger charge is 2.69. The largest absolute Gasteiger partial charge is 0.479 e. The zero-order chi connectivity index (χ0) is 11.1. The summed E-state index contributed by atoms with van der Waals surface area (Å²) in [4.78, 5) is 21.3. The van der Waals surface area contributed by atoms with E-state index >= 15 is 0 Å². The van der Waals surface area contributed by atoms with Crippen LogP contribution in [0.25, 0.3) is 0 Å². The molecule has 1 aliphatic carbocycles. The Bertz CT molecular complexity index is 324. The Morgan fingerprint density at radius 2 is 2.14 bits per heavy atom. The number of ether oxygens (including phenoxy) is 1. The highest BCUT2D eigenvalue weighted by Crippen LogP contribution is 2.45. The molecule has 0 aromatic heterocycles. The van der Waals surface area contributed by atoms with Crippen molar-refractivity contribution in [1.29, 1.82) is 0 Å². The van der Waals surface area contributed by atoms with Crippen LogP contribution >= 0.6 is 0 Å². The number of nitrogens with two attached hydrogens (primary N) is 1. The SMILES string of the molecule is CC(C)(C)OC1(C(=O)O)C(=C=O)C1N. The van der Waals surface area contributed by atoms with Crippen LogP contribution in [0.5, 0.6) is 0 Å². The predicted molar refractivity (Wildman–Crippen MR) is 48.4 cm³/mol. The molecule has 0 spiro atoms. The van der Waals surface area contributed by atoms with Gasteiger partial charge in [0, 0.05) is 0 Å². The first-order chi connectivity index (χ1) is 6.25. The zero-order valence-electron chi connectivity index (χ0n) is 8.33. The highest BCUT2D eigenvalue weighted by atomic mass is 16.6. The van der Waals surface area contributed by atoms with Gasteiger partial charge in [0.15, 0.2) is 0 Å². The molecule has 0 bridgehead atoms. The van der Waals surface area contributed by atoms with Crippen LogP contribution in [-0.2, 0) is 14.3 Å². The van der Waals surface area contributed by atoms with Gasteiger partial charge in [0.05, 0.1) is 17.2 Å². The summed E-state index contributed by atoms with van der Waals surface area (Å²) >= 11 is 0. The summed E-state index contributed by atoms with van der Waals surface area (Å²) in [5, 5.41) is 8.93. The van der Waals surface area contributed by atoms with Crippen molar-refractivity contribution >= 4 is 11.9 Å². The molecule has 1 rings (SSSR count). The van der Waals surface area contributed by atoms with Gasteiger partial charge in [-0.05, 0) is 20.8 Å². The van der Waals surface area contributed by atoms with Crippen LogP contribution in [0, 0.1) is 0 Å². The van der Waals surface area contributed by atoms with Crippen LogP contribution in [0.3, 0.4) is 0 Å². The Labute approximate surface area is 81.5 Å². The quantitative estimate of drug-likeness (QED) is 0.597. The molecule has 2 unspecified atom stereocenters. The summed E-state index contributed by atoms with van der Waals surface area (Å²) in [5.41, 5.74) is 3.11. The molecule has 0 amide bonds. The second kappa shape index (κ2) is 2.92. The van der Waals surface area contributed by atoms with E-state index in [1.807, 2.05) is 0 Å². The number of hydrogen-bond donors (Lipinski definition) is 2. The maximum Gasteiger partial charge on any atom is 0.343 e. The van der Waals surface area contributed by atoms with Crippen molar-refractivity contribution in [3.63, 3.8) is 0 Å². The first-order valence-electron chi connectivity index (χ1n) is 4.20. The van der Waals surface area contributed by atoms with Crippen molar-refractivity contribution in [1.82, 2.24) is 0 Å². The van der Waals surface area contributed by atoms with Gasteiger partial charge in [0.2, 0.25) is 5.60 Å². The smallest absolute Gasteiger partial charge is 0.343 e. The Hall–Kier alpha value is -1.16. The number of aliphatic carboxylic acids is 1. The average molecular weight is 199 g/mol. The summed E-state index contributed by atoms with van der Waals surface area (Å²) in [6.45, 7) is 5.10. The maximum absolute atomic E-state index is 10.9. The number of rotatable bonds is 2. The lowest BCUT2D eigenvalue weighted by atomic mass is 10.1. The lowest BCUT2D eigenvalue weighted by Gasteiger charge is -2.24. The third-order valence-electron chi connectivity index (χ3n) is 1.96. The van der Waals surface area contributed by atoms with Crippen molar-refractivity contribution in [2.45, 2.75) is 38.0 Å². The molecule has 1 fully saturated rings. The van der Waals surface area contributed by atoms with Crippen molar-refractivity contribution in [3.8, 4) is 0 Å². The molecule has 5 nitrogen and oxygen atoms in total. The minimum atomic E-state index is -1.65. The standard InChI is InChI=1S/C9H13NO4/c1-8(2,3)14-9(7(12)13)5(4-11)6(9)10/h6H,10H2,1-3H3,(H,12,13). The lowest BCUT2D eigenvalue weighted by molar-refractivity contribution is -0.163. The van der Waals surface area contributed by atoms with Crippen molar-refractivity contribution in [2.75, 3.05) is 0 Å². The molecule has 0 radical (unpaired) electrons. The van der Waals surface area contributed by atoms with Gasteiger partial charge in [-0.15, -0.1) is 0 Å². The molecule has 0 saturated heterocycles. The maximum atomic E-state index is 10.9. The third-order valence-corrected chi connectivity index (χ3v) is 1.96. The van der Waals surface area contributed by atoms with Gasteiger partial charge in [0.25, 0.3) is 0 Å². The van der Waals surface area contributed by atoms with Crippen LogP contribution < -0.4 is 5.73 Å². The van der Waals surface area contributed by atoms with E-state index in [0.717, 1.165) is 0 Å². The van der Waals surface area contributed by atoms with Gasteiger partial charge >= 0.3 is 5.97 Å². The van der Waals surface area contributed by atoms with Crippen LogP contribution in [0.4, 0.5) is 0 Å². The molecule has 0 aromatic carbocycles. The molecule has 0 aromatic rings. The van der Waals surface area contributed by atoms with E-state index in [1.54, 1.807) is 20.8 Å². The van der Waals surface area contributed by atoms with Crippen LogP contribution in [0.1, 0.15) is 20.8 Å². The van der Waals surface area contributed by atoms with E-state index in [2.05, 4.69) is 0 Å². The van der Waals surface area contributed by atoms with Crippen LogP contribution in [0.2, 0.25) is 0 Å². The molecule has 0 heterocycles. The first kappa shape index (κ1) is 10.9. The molecule has 5 heteroatoms. The predicted octanol–water partition coefficient (Wildman–Crippen LogP) is -0.276. The molecule has 2 atom stereocenters. The monoisotopic (exact) mass is 199 g/mol. The Morgan fingerprint density at radius 3 is 2.36 bits per heavy atom. The fourth-order valence-corrected chi connectivity index (χ4v) is 1.37. The summed E-state index contributed by atoms with van der Waals surface area (Å²) in [5.74, 6) is 0.282. The lowest BCUT2D eigenvalue weighted by Crippen LogP contribution is -2.40. The summed E-state index contributed by atoms with van der Waals surface area (Å²) in [6, 6.07) is -0.878. The molecule has 1 aliphatic rings. The van der Waals surface area contributed by atoms with Gasteiger partial charge < -0.3 is 15.6 Å². The van der Waals surface area contributed by atoms with Crippen molar-refractivity contribution < 1.29 is 19.4 Å². The fourth-order valence-electron chi connectivity index (χ4n) is 1.37. The topological polar surface area (TPSA) is 89.6 Å². The zero-order valence-corrected chi connectivity index (χ0v) is 8.33. The summed E-state index contributed by atoms with van der Waals surface area (Å²) < 4.78 is 5.29. The van der Waals surface area contributed by atoms with E-state index in [4.69, 9.17) is 15.6 Å². The fraction of sp³-hybridized carbons (Fsp3) is 0.667. The molecule has 3 N–H and O–H groups in total. The van der Waals surface area contributed by atoms with Crippen molar-refractivity contribution in [2.24, 2.45) is 5.73 Å². The van der Waals surface area contributed by atoms with Gasteiger partial charge in [-0.1, -0.05) is 0 Å². The summed E-state index contributed by atoms with van der Waals surface area (Å²) in [7, 11) is 0. The Balaban J connectivity index is 3.01. The van der Waals surface area contributed by atoms with Crippen LogP contribution in [0.15, 0.2) is 5.57 Å². The number of carboxylic acid groups (broad SMARTS) is 1. The van der Waals surface area contributed by atoms with E-state index < -0.39 is 23.2 Å². The van der Waals surface area contributed by atoms with Gasteiger partial charge in [0.1, 0.15) is 5.94 Å². The molecule has 1 saturated carbocycles. The second-order valence-electron chi connectivity index (χ2n) is 4.25. The second-order valence-corrected chi connectivity index (χ2v) is 4.25. The minimum Gasteiger partial charge on any atom is -0.479 e. The highest BCUT2D eigenvalue weighted by molar-refractivity contribution is 5.96. The minimum absolute atomic E-state index is 0.0278. The van der Waals surface area contributed by atoms with Gasteiger partial charge in [-0.25, -0.2) is 9.59 Å². The number of carbonyl (C=O) groups is 1. The van der Waals surface area contributed by atoms with E-state index in [0.29, 0.717) is 0 Å².